The van der Waals surface area contributed by atoms with E-state index in [1.807, 2.05) is 30.3 Å². The summed E-state index contributed by atoms with van der Waals surface area (Å²) in [5.41, 5.74) is 4.40. The van der Waals surface area contributed by atoms with Crippen LogP contribution in [-0.4, -0.2) is 20.7 Å². The van der Waals surface area contributed by atoms with Crippen molar-refractivity contribution in [2.45, 2.75) is 4.90 Å². The first-order chi connectivity index (χ1) is 9.93. The van der Waals surface area contributed by atoms with Gasteiger partial charge in [0.05, 0.1) is 5.75 Å². The SMILES string of the molecule is Cn1c(N)c(C(=O)CSc2ccccc2)c(=O)n(C)c1=O. The van der Waals surface area contributed by atoms with E-state index in [0.29, 0.717) is 0 Å². The highest BCUT2D eigenvalue weighted by atomic mass is 32.2. The third-order valence-corrected chi connectivity index (χ3v) is 4.11. The highest BCUT2D eigenvalue weighted by Crippen LogP contribution is 2.18. The molecule has 0 fully saturated rings. The predicted octanol–water partition coefficient (Wildman–Crippen LogP) is 0.641. The summed E-state index contributed by atoms with van der Waals surface area (Å²) in [6, 6.07) is 9.37. The van der Waals surface area contributed by atoms with E-state index in [9.17, 15) is 14.4 Å². The lowest BCUT2D eigenvalue weighted by Gasteiger charge is -2.10. The summed E-state index contributed by atoms with van der Waals surface area (Å²) in [6.45, 7) is 0. The van der Waals surface area contributed by atoms with E-state index in [2.05, 4.69) is 0 Å². The molecule has 2 rings (SSSR count). The van der Waals surface area contributed by atoms with Crippen LogP contribution in [0.2, 0.25) is 0 Å². The van der Waals surface area contributed by atoms with Gasteiger partial charge in [0.2, 0.25) is 0 Å². The second kappa shape index (κ2) is 6.01. The van der Waals surface area contributed by atoms with Crippen molar-refractivity contribution in [2.75, 3.05) is 11.5 Å². The largest absolute Gasteiger partial charge is 0.384 e. The Balaban J connectivity index is 2.32. The lowest BCUT2D eigenvalue weighted by Crippen LogP contribution is -2.41. The molecule has 0 amide bonds. The van der Waals surface area contributed by atoms with Crippen molar-refractivity contribution in [1.82, 2.24) is 9.13 Å². The number of ketones is 1. The Kier molecular flexibility index (Phi) is 4.32. The molecule has 0 atom stereocenters. The lowest BCUT2D eigenvalue weighted by atomic mass is 10.2. The highest BCUT2D eigenvalue weighted by molar-refractivity contribution is 8.00. The van der Waals surface area contributed by atoms with Crippen LogP contribution in [0.15, 0.2) is 44.8 Å². The number of aromatic nitrogens is 2. The van der Waals surface area contributed by atoms with Crippen LogP contribution >= 0.6 is 11.8 Å². The van der Waals surface area contributed by atoms with Crippen molar-refractivity contribution in [3.05, 3.63) is 56.7 Å². The zero-order chi connectivity index (χ0) is 15.6. The number of nitrogen functional groups attached to an aromatic ring is 1. The minimum Gasteiger partial charge on any atom is -0.384 e. The molecule has 110 valence electrons. The maximum absolute atomic E-state index is 12.2. The average Bonchev–Trinajstić information content (AvgIpc) is 2.50. The average molecular weight is 305 g/mol. The van der Waals surface area contributed by atoms with E-state index in [1.165, 1.54) is 25.9 Å². The molecular weight excluding hydrogens is 290 g/mol. The summed E-state index contributed by atoms with van der Waals surface area (Å²) in [6.07, 6.45) is 0. The number of hydrogen-bond donors (Lipinski definition) is 1. The van der Waals surface area contributed by atoms with Crippen LogP contribution < -0.4 is 17.0 Å². The van der Waals surface area contributed by atoms with Gasteiger partial charge >= 0.3 is 5.69 Å². The number of carbonyl (C=O) groups excluding carboxylic acids is 1. The second-order valence-corrected chi connectivity index (χ2v) is 5.54. The van der Waals surface area contributed by atoms with Crippen LogP contribution in [0.5, 0.6) is 0 Å². The van der Waals surface area contributed by atoms with Crippen molar-refractivity contribution in [3.8, 4) is 0 Å². The smallest absolute Gasteiger partial charge is 0.332 e. The number of Topliss-reactive ketones (excluding diaryl/α,β-unsaturated/α-hetero) is 1. The third-order valence-electron chi connectivity index (χ3n) is 3.10. The Bertz CT molecular complexity index is 794. The van der Waals surface area contributed by atoms with Crippen LogP contribution in [0.4, 0.5) is 5.82 Å². The van der Waals surface area contributed by atoms with E-state index in [-0.39, 0.29) is 17.1 Å². The van der Waals surface area contributed by atoms with Gasteiger partial charge in [-0.05, 0) is 12.1 Å². The fraction of sp³-hybridized carbons (Fsp3) is 0.214. The quantitative estimate of drug-likeness (QED) is 0.661. The molecule has 1 heterocycles. The van der Waals surface area contributed by atoms with Gasteiger partial charge in [-0.25, -0.2) is 4.79 Å². The summed E-state index contributed by atoms with van der Waals surface area (Å²) in [4.78, 5) is 36.9. The number of hydrogen-bond acceptors (Lipinski definition) is 5. The second-order valence-electron chi connectivity index (χ2n) is 4.49. The van der Waals surface area contributed by atoms with Crippen LogP contribution in [0.1, 0.15) is 10.4 Å². The molecule has 0 saturated carbocycles. The van der Waals surface area contributed by atoms with E-state index in [1.54, 1.807) is 0 Å². The molecule has 2 aromatic rings. The molecule has 7 heteroatoms. The van der Waals surface area contributed by atoms with Crippen molar-refractivity contribution >= 4 is 23.4 Å². The number of anilines is 1. The summed E-state index contributed by atoms with van der Waals surface area (Å²) < 4.78 is 1.98. The number of benzene rings is 1. The molecular formula is C14H15N3O3S. The normalized spacial score (nSPS) is 10.6. The Morgan fingerprint density at radius 2 is 1.76 bits per heavy atom. The van der Waals surface area contributed by atoms with Gasteiger partial charge < -0.3 is 5.73 Å². The topological polar surface area (TPSA) is 87.1 Å². The van der Waals surface area contributed by atoms with Gasteiger partial charge in [-0.3, -0.25) is 18.7 Å². The molecule has 0 spiro atoms. The van der Waals surface area contributed by atoms with Gasteiger partial charge in [0.15, 0.2) is 5.78 Å². The van der Waals surface area contributed by atoms with Gasteiger partial charge in [-0.1, -0.05) is 18.2 Å². The minimum atomic E-state index is -0.658. The Labute approximate surface area is 125 Å². The van der Waals surface area contributed by atoms with Crippen molar-refractivity contribution in [3.63, 3.8) is 0 Å². The predicted molar refractivity (Wildman–Crippen MR) is 82.8 cm³/mol. The van der Waals surface area contributed by atoms with Crippen LogP contribution in [0, 0.1) is 0 Å². The summed E-state index contributed by atoms with van der Waals surface area (Å²) >= 11 is 1.32. The number of carbonyl (C=O) groups is 1. The molecule has 2 N–H and O–H groups in total. The Morgan fingerprint density at radius 3 is 2.38 bits per heavy atom. The van der Waals surface area contributed by atoms with Crippen molar-refractivity contribution < 1.29 is 4.79 Å². The minimum absolute atomic E-state index is 0.0850. The molecule has 0 aliphatic rings. The fourth-order valence-electron chi connectivity index (χ4n) is 1.86. The molecule has 0 radical (unpaired) electrons. The zero-order valence-corrected chi connectivity index (χ0v) is 12.5. The first-order valence-corrected chi connectivity index (χ1v) is 7.18. The molecule has 6 nitrogen and oxygen atoms in total. The van der Waals surface area contributed by atoms with Gasteiger partial charge in [-0.15, -0.1) is 11.8 Å². The van der Waals surface area contributed by atoms with Gasteiger partial charge in [0.1, 0.15) is 11.4 Å². The molecule has 0 bridgehead atoms. The maximum atomic E-state index is 12.2. The highest BCUT2D eigenvalue weighted by Gasteiger charge is 2.19. The molecule has 0 aliphatic heterocycles. The monoisotopic (exact) mass is 305 g/mol. The lowest BCUT2D eigenvalue weighted by molar-refractivity contribution is 0.102. The molecule has 1 aromatic carbocycles. The molecule has 0 unspecified atom stereocenters. The van der Waals surface area contributed by atoms with Crippen molar-refractivity contribution in [2.24, 2.45) is 14.1 Å². The van der Waals surface area contributed by atoms with Gasteiger partial charge in [-0.2, -0.15) is 0 Å². The van der Waals surface area contributed by atoms with E-state index in [0.717, 1.165) is 14.0 Å². The fourth-order valence-corrected chi connectivity index (χ4v) is 2.65. The first-order valence-electron chi connectivity index (χ1n) is 6.20. The summed E-state index contributed by atoms with van der Waals surface area (Å²) in [7, 11) is 2.75. The van der Waals surface area contributed by atoms with Crippen molar-refractivity contribution in [1.29, 1.82) is 0 Å². The maximum Gasteiger partial charge on any atom is 0.332 e. The number of nitrogens with zero attached hydrogens (tertiary/aromatic N) is 2. The summed E-state index contributed by atoms with van der Waals surface area (Å²) in [5.74, 6) is -0.402. The van der Waals surface area contributed by atoms with Gasteiger partial charge in [0.25, 0.3) is 5.56 Å². The molecule has 0 aliphatic carbocycles. The van der Waals surface area contributed by atoms with Crippen LogP contribution in [-0.2, 0) is 14.1 Å². The zero-order valence-electron chi connectivity index (χ0n) is 11.7. The van der Waals surface area contributed by atoms with E-state index >= 15 is 0 Å². The Hall–Kier alpha value is -2.28. The van der Waals surface area contributed by atoms with E-state index in [4.69, 9.17) is 5.73 Å². The third kappa shape index (κ3) is 2.92. The number of nitrogens with two attached hydrogens (primary N) is 1. The molecule has 1 aromatic heterocycles. The van der Waals surface area contributed by atoms with E-state index < -0.39 is 17.0 Å². The molecule has 0 saturated heterocycles. The first kappa shape index (κ1) is 15.1. The van der Waals surface area contributed by atoms with Gasteiger partial charge in [0, 0.05) is 19.0 Å². The summed E-state index contributed by atoms with van der Waals surface area (Å²) in [5, 5.41) is 0. The number of rotatable bonds is 4. The Morgan fingerprint density at radius 1 is 1.14 bits per heavy atom. The van der Waals surface area contributed by atoms with Crippen LogP contribution in [0.25, 0.3) is 0 Å². The standard InChI is InChI=1S/C14H15N3O3S/c1-16-12(15)11(13(19)17(2)14(16)20)10(18)8-21-9-6-4-3-5-7-9/h3-7H,8,15H2,1-2H3. The number of thioether (sulfide) groups is 1. The molecule has 21 heavy (non-hydrogen) atoms. The van der Waals surface area contributed by atoms with Crippen LogP contribution in [0.3, 0.4) is 0 Å².